The average Bonchev–Trinajstić information content (AvgIpc) is 3.44. The van der Waals surface area contributed by atoms with Crippen LogP contribution in [-0.4, -0.2) is 44.8 Å². The number of nitrogens with zero attached hydrogens (tertiary/aromatic N) is 4. The van der Waals surface area contributed by atoms with Gasteiger partial charge in [-0.25, -0.2) is 9.78 Å². The summed E-state index contributed by atoms with van der Waals surface area (Å²) in [6, 6.07) is 11.1. The Bertz CT molecular complexity index is 1040. The van der Waals surface area contributed by atoms with Crippen LogP contribution in [0.15, 0.2) is 53.7 Å². The molecule has 0 bridgehead atoms. The summed E-state index contributed by atoms with van der Waals surface area (Å²) in [6.07, 6.45) is 13.1. The fraction of sp³-hybridized carbons (Fsp3) is 0.500. The summed E-state index contributed by atoms with van der Waals surface area (Å²) in [7, 11) is 0. The molecule has 2 fully saturated rings. The lowest BCUT2D eigenvalue weighted by Crippen LogP contribution is -2.40. The van der Waals surface area contributed by atoms with Gasteiger partial charge in [0.25, 0.3) is 0 Å². The second-order valence-electron chi connectivity index (χ2n) is 8.60. The zero-order valence-corrected chi connectivity index (χ0v) is 17.4. The van der Waals surface area contributed by atoms with Crippen LogP contribution in [0.4, 0.5) is 0 Å². The summed E-state index contributed by atoms with van der Waals surface area (Å²) in [5.41, 5.74) is 1.13. The first-order valence-electron chi connectivity index (χ1n) is 11.3. The molecule has 0 amide bonds. The lowest BCUT2D eigenvalue weighted by Gasteiger charge is -2.32. The number of piperidine rings is 1. The lowest BCUT2D eigenvalue weighted by molar-refractivity contribution is 0.0995. The van der Waals surface area contributed by atoms with E-state index in [4.69, 9.17) is 4.74 Å². The molecule has 1 aliphatic heterocycles. The van der Waals surface area contributed by atoms with Crippen molar-refractivity contribution < 1.29 is 4.74 Å². The Kier molecular flexibility index (Phi) is 5.58. The third-order valence-electron chi connectivity index (χ3n) is 6.71. The van der Waals surface area contributed by atoms with Crippen LogP contribution in [-0.2, 0) is 6.54 Å². The molecule has 0 spiro atoms. The average molecular weight is 407 g/mol. The number of rotatable bonds is 6. The highest BCUT2D eigenvalue weighted by Gasteiger charge is 2.23. The molecule has 1 saturated heterocycles. The predicted molar refractivity (Wildman–Crippen MR) is 118 cm³/mol. The molecule has 2 aliphatic rings. The van der Waals surface area contributed by atoms with Crippen molar-refractivity contribution in [3.05, 3.63) is 59.4 Å². The summed E-state index contributed by atoms with van der Waals surface area (Å²) in [4.78, 5) is 18.0. The molecular weight excluding hydrogens is 376 g/mol. The molecule has 3 aromatic rings. The highest BCUT2D eigenvalue weighted by atomic mass is 16.5. The second kappa shape index (κ2) is 8.64. The van der Waals surface area contributed by atoms with Gasteiger partial charge in [0.1, 0.15) is 11.9 Å². The molecule has 2 aromatic heterocycles. The number of hydrogen-bond donors (Lipinski definition) is 0. The van der Waals surface area contributed by atoms with Gasteiger partial charge in [0, 0.05) is 56.2 Å². The van der Waals surface area contributed by atoms with E-state index < -0.39 is 0 Å². The van der Waals surface area contributed by atoms with E-state index in [1.807, 2.05) is 12.3 Å². The number of aromatic nitrogens is 3. The van der Waals surface area contributed by atoms with Gasteiger partial charge in [0.15, 0.2) is 0 Å². The zero-order chi connectivity index (χ0) is 20.3. The Balaban J connectivity index is 1.19. The van der Waals surface area contributed by atoms with Crippen molar-refractivity contribution in [2.24, 2.45) is 0 Å². The number of benzene rings is 1. The van der Waals surface area contributed by atoms with E-state index in [-0.39, 0.29) is 11.8 Å². The number of hydrogen-bond acceptors (Lipinski definition) is 4. The molecule has 3 heterocycles. The highest BCUT2D eigenvalue weighted by molar-refractivity contribution is 5.86. The molecule has 5 rings (SSSR count). The summed E-state index contributed by atoms with van der Waals surface area (Å²) in [5, 5.41) is 1.24. The largest absolute Gasteiger partial charge is 0.490 e. The fourth-order valence-electron chi connectivity index (χ4n) is 5.00. The Hall–Kier alpha value is -2.60. The summed E-state index contributed by atoms with van der Waals surface area (Å²) in [6.45, 7) is 3.56. The Morgan fingerprint density at radius 2 is 1.80 bits per heavy atom. The van der Waals surface area contributed by atoms with Crippen molar-refractivity contribution >= 4 is 10.9 Å². The summed E-state index contributed by atoms with van der Waals surface area (Å²) in [5.74, 6) is 1.02. The van der Waals surface area contributed by atoms with Gasteiger partial charge in [-0.05, 0) is 49.9 Å². The summed E-state index contributed by atoms with van der Waals surface area (Å²) >= 11 is 0. The van der Waals surface area contributed by atoms with Gasteiger partial charge in [-0.3, -0.25) is 4.57 Å². The minimum atomic E-state index is -0.173. The first kappa shape index (κ1) is 19.4. The second-order valence-corrected chi connectivity index (χ2v) is 8.60. The van der Waals surface area contributed by atoms with Gasteiger partial charge < -0.3 is 14.2 Å². The maximum absolute atomic E-state index is 11.8. The first-order valence-corrected chi connectivity index (χ1v) is 11.3. The van der Waals surface area contributed by atoms with Crippen molar-refractivity contribution in [2.45, 2.75) is 57.2 Å². The molecule has 6 nitrogen and oxygen atoms in total. The monoisotopic (exact) mass is 406 g/mol. The smallest absolute Gasteiger partial charge is 0.347 e. The van der Waals surface area contributed by atoms with E-state index in [2.05, 4.69) is 44.9 Å². The van der Waals surface area contributed by atoms with E-state index in [9.17, 15) is 4.79 Å². The van der Waals surface area contributed by atoms with E-state index in [0.717, 1.165) is 38.2 Å². The van der Waals surface area contributed by atoms with Gasteiger partial charge in [-0.15, -0.1) is 0 Å². The standard InChI is InChI=1S/C24H30N4O2/c29-24-25-12-4-13-27(24)18-17-26-14-9-20(10-15-26)30-23-8-3-7-22-21(23)11-16-28(22)19-5-1-2-6-19/h3-4,7-8,11-13,16,19-20H,1-2,5-6,9-10,14-15,17-18H2. The SMILES string of the molecule is O=c1ncccn1CCN1CCC(Oc2cccc3c2ccn3C2CCCC2)CC1. The molecule has 6 heteroatoms. The number of fused-ring (bicyclic) bond motifs is 1. The summed E-state index contributed by atoms with van der Waals surface area (Å²) < 4.78 is 10.6. The van der Waals surface area contributed by atoms with Crippen molar-refractivity contribution in [1.82, 2.24) is 19.0 Å². The molecule has 1 saturated carbocycles. The van der Waals surface area contributed by atoms with E-state index in [1.165, 1.54) is 36.6 Å². The molecule has 0 atom stereocenters. The minimum Gasteiger partial charge on any atom is -0.490 e. The topological polar surface area (TPSA) is 52.3 Å². The van der Waals surface area contributed by atoms with Gasteiger partial charge in [0.05, 0.1) is 5.52 Å². The van der Waals surface area contributed by atoms with Crippen LogP contribution >= 0.6 is 0 Å². The van der Waals surface area contributed by atoms with Crippen LogP contribution in [0, 0.1) is 0 Å². The van der Waals surface area contributed by atoms with E-state index in [1.54, 1.807) is 10.8 Å². The molecule has 0 unspecified atom stereocenters. The van der Waals surface area contributed by atoms with Crippen molar-refractivity contribution in [3.8, 4) is 5.75 Å². The van der Waals surface area contributed by atoms with Gasteiger partial charge in [0.2, 0.25) is 0 Å². The zero-order valence-electron chi connectivity index (χ0n) is 17.4. The van der Waals surface area contributed by atoms with Gasteiger partial charge >= 0.3 is 5.69 Å². The minimum absolute atomic E-state index is 0.173. The van der Waals surface area contributed by atoms with Gasteiger partial charge in [-0.1, -0.05) is 18.9 Å². The predicted octanol–water partition coefficient (Wildman–Crippen LogP) is 3.86. The molecule has 0 radical (unpaired) electrons. The van der Waals surface area contributed by atoms with Crippen LogP contribution in [0.25, 0.3) is 10.9 Å². The van der Waals surface area contributed by atoms with Crippen molar-refractivity contribution in [3.63, 3.8) is 0 Å². The molecule has 1 aliphatic carbocycles. The maximum atomic E-state index is 11.8. The quantitative estimate of drug-likeness (QED) is 0.624. The maximum Gasteiger partial charge on any atom is 0.347 e. The molecular formula is C24H30N4O2. The third kappa shape index (κ3) is 4.01. The Morgan fingerprint density at radius 1 is 0.967 bits per heavy atom. The van der Waals surface area contributed by atoms with Crippen LogP contribution in [0.2, 0.25) is 0 Å². The third-order valence-corrected chi connectivity index (χ3v) is 6.71. The highest BCUT2D eigenvalue weighted by Crippen LogP contribution is 2.36. The Morgan fingerprint density at radius 3 is 2.60 bits per heavy atom. The van der Waals surface area contributed by atoms with Crippen LogP contribution < -0.4 is 10.4 Å². The number of likely N-dealkylation sites (tertiary alicyclic amines) is 1. The molecule has 30 heavy (non-hydrogen) atoms. The van der Waals surface area contributed by atoms with Gasteiger partial charge in [-0.2, -0.15) is 0 Å². The molecule has 158 valence electrons. The fourth-order valence-corrected chi connectivity index (χ4v) is 5.00. The van der Waals surface area contributed by atoms with Crippen LogP contribution in [0.5, 0.6) is 5.75 Å². The van der Waals surface area contributed by atoms with Crippen molar-refractivity contribution in [2.75, 3.05) is 19.6 Å². The van der Waals surface area contributed by atoms with Crippen LogP contribution in [0.3, 0.4) is 0 Å². The van der Waals surface area contributed by atoms with Crippen LogP contribution in [0.1, 0.15) is 44.6 Å². The first-order chi connectivity index (χ1) is 14.8. The lowest BCUT2D eigenvalue weighted by atomic mass is 10.1. The van der Waals surface area contributed by atoms with E-state index >= 15 is 0 Å². The molecule has 0 N–H and O–H groups in total. The van der Waals surface area contributed by atoms with E-state index in [0.29, 0.717) is 12.6 Å². The molecule has 1 aromatic carbocycles. The number of ether oxygens (including phenoxy) is 1. The Labute approximate surface area is 177 Å². The normalized spacial score (nSPS) is 18.9. The van der Waals surface area contributed by atoms with Crippen molar-refractivity contribution in [1.29, 1.82) is 0 Å².